The Morgan fingerprint density at radius 2 is 1.93 bits per heavy atom. The average molecular weight is 209 g/mol. The van der Waals surface area contributed by atoms with Crippen LogP contribution in [0.3, 0.4) is 0 Å². The molecule has 0 aliphatic rings. The van der Waals surface area contributed by atoms with Gasteiger partial charge in [-0.05, 0) is 31.6 Å². The first kappa shape index (κ1) is 11.9. The predicted octanol–water partition coefficient (Wildman–Crippen LogP) is 2.07. The minimum atomic E-state index is 0.716. The van der Waals surface area contributed by atoms with Gasteiger partial charge in [0.25, 0.3) is 0 Å². The number of hydrogen-bond donors (Lipinski definition) is 1. The van der Waals surface area contributed by atoms with Gasteiger partial charge in [0.15, 0.2) is 11.5 Å². The molecule has 0 amide bonds. The summed E-state index contributed by atoms with van der Waals surface area (Å²) in [6, 6.07) is 7.71. The molecule has 84 valence electrons. The summed E-state index contributed by atoms with van der Waals surface area (Å²) in [6.45, 7) is 4.81. The molecule has 1 aromatic carbocycles. The number of ether oxygens (including phenoxy) is 2. The van der Waals surface area contributed by atoms with Gasteiger partial charge in [-0.15, -0.1) is 0 Å². The molecule has 0 unspecified atom stereocenters. The van der Waals surface area contributed by atoms with Crippen molar-refractivity contribution in [2.24, 2.45) is 0 Å². The number of para-hydroxylation sites is 2. The third-order valence-corrected chi connectivity index (χ3v) is 2.07. The van der Waals surface area contributed by atoms with Crippen LogP contribution in [0.5, 0.6) is 11.5 Å². The maximum Gasteiger partial charge on any atom is 0.161 e. The van der Waals surface area contributed by atoms with E-state index >= 15 is 0 Å². The van der Waals surface area contributed by atoms with E-state index in [0.29, 0.717) is 6.61 Å². The van der Waals surface area contributed by atoms with E-state index in [1.54, 1.807) is 7.11 Å². The van der Waals surface area contributed by atoms with Gasteiger partial charge in [0.2, 0.25) is 0 Å². The molecule has 0 saturated carbocycles. The summed E-state index contributed by atoms with van der Waals surface area (Å²) in [5.41, 5.74) is 0. The molecule has 0 fully saturated rings. The first-order chi connectivity index (χ1) is 7.38. The molecule has 0 aliphatic carbocycles. The van der Waals surface area contributed by atoms with E-state index in [2.05, 4.69) is 12.2 Å². The van der Waals surface area contributed by atoms with Crippen LogP contribution in [0.1, 0.15) is 13.3 Å². The van der Waals surface area contributed by atoms with Crippen LogP contribution in [-0.2, 0) is 0 Å². The van der Waals surface area contributed by atoms with Crippen molar-refractivity contribution in [2.45, 2.75) is 13.3 Å². The van der Waals surface area contributed by atoms with Crippen LogP contribution in [0.2, 0.25) is 0 Å². The monoisotopic (exact) mass is 209 g/mol. The van der Waals surface area contributed by atoms with Crippen LogP contribution in [0.25, 0.3) is 0 Å². The predicted molar refractivity (Wildman–Crippen MR) is 61.6 cm³/mol. The normalized spacial score (nSPS) is 10.0. The Labute approximate surface area is 91.4 Å². The fourth-order valence-corrected chi connectivity index (χ4v) is 1.29. The van der Waals surface area contributed by atoms with Gasteiger partial charge in [0, 0.05) is 0 Å². The zero-order valence-electron chi connectivity index (χ0n) is 9.45. The van der Waals surface area contributed by atoms with Gasteiger partial charge >= 0.3 is 0 Å². The zero-order chi connectivity index (χ0) is 10.9. The highest BCUT2D eigenvalue weighted by Gasteiger charge is 2.01. The number of rotatable bonds is 7. The van der Waals surface area contributed by atoms with Crippen LogP contribution in [0.4, 0.5) is 0 Å². The molecule has 0 spiro atoms. The minimum absolute atomic E-state index is 0.716. The van der Waals surface area contributed by atoms with E-state index in [0.717, 1.165) is 31.0 Å². The molecule has 1 N–H and O–H groups in total. The van der Waals surface area contributed by atoms with E-state index in [1.807, 2.05) is 24.3 Å². The lowest BCUT2D eigenvalue weighted by Gasteiger charge is -2.10. The van der Waals surface area contributed by atoms with Gasteiger partial charge in [-0.25, -0.2) is 0 Å². The Bertz CT molecular complexity index is 276. The standard InChI is InChI=1S/C12H19NO2/c1-3-13-9-6-10-15-12-8-5-4-7-11(12)14-2/h4-5,7-8,13H,3,6,9-10H2,1-2H3. The van der Waals surface area contributed by atoms with Crippen molar-refractivity contribution < 1.29 is 9.47 Å². The molecule has 0 saturated heterocycles. The van der Waals surface area contributed by atoms with Gasteiger partial charge in [-0.3, -0.25) is 0 Å². The van der Waals surface area contributed by atoms with Gasteiger partial charge in [0.05, 0.1) is 13.7 Å². The lowest BCUT2D eigenvalue weighted by atomic mass is 10.3. The van der Waals surface area contributed by atoms with Crippen molar-refractivity contribution in [2.75, 3.05) is 26.8 Å². The number of nitrogens with one attached hydrogen (secondary N) is 1. The van der Waals surface area contributed by atoms with Gasteiger partial charge in [-0.2, -0.15) is 0 Å². The van der Waals surface area contributed by atoms with Gasteiger partial charge in [-0.1, -0.05) is 19.1 Å². The summed E-state index contributed by atoms with van der Waals surface area (Å²) in [5, 5.41) is 3.25. The molecular weight excluding hydrogens is 190 g/mol. The summed E-state index contributed by atoms with van der Waals surface area (Å²) in [7, 11) is 1.65. The van der Waals surface area contributed by atoms with Crippen molar-refractivity contribution in [3.8, 4) is 11.5 Å². The fourth-order valence-electron chi connectivity index (χ4n) is 1.29. The Kier molecular flexibility index (Phi) is 5.63. The first-order valence-corrected chi connectivity index (χ1v) is 5.35. The van der Waals surface area contributed by atoms with Crippen LogP contribution in [0, 0.1) is 0 Å². The molecule has 1 aromatic rings. The topological polar surface area (TPSA) is 30.5 Å². The molecular formula is C12H19NO2. The molecule has 3 nitrogen and oxygen atoms in total. The third kappa shape index (κ3) is 4.21. The van der Waals surface area contributed by atoms with Gasteiger partial charge in [0.1, 0.15) is 0 Å². The Morgan fingerprint density at radius 1 is 1.20 bits per heavy atom. The second-order valence-electron chi connectivity index (χ2n) is 3.21. The largest absolute Gasteiger partial charge is 0.493 e. The molecule has 0 bridgehead atoms. The van der Waals surface area contributed by atoms with Crippen molar-refractivity contribution in [3.05, 3.63) is 24.3 Å². The van der Waals surface area contributed by atoms with E-state index in [1.165, 1.54) is 0 Å². The molecule has 0 radical (unpaired) electrons. The highest BCUT2D eigenvalue weighted by molar-refractivity contribution is 5.39. The van der Waals surface area contributed by atoms with Crippen molar-refractivity contribution in [1.29, 1.82) is 0 Å². The van der Waals surface area contributed by atoms with E-state index < -0.39 is 0 Å². The van der Waals surface area contributed by atoms with Crippen molar-refractivity contribution in [3.63, 3.8) is 0 Å². The molecule has 1 rings (SSSR count). The van der Waals surface area contributed by atoms with Crippen LogP contribution >= 0.6 is 0 Å². The van der Waals surface area contributed by atoms with E-state index in [9.17, 15) is 0 Å². The second-order valence-corrected chi connectivity index (χ2v) is 3.21. The lowest BCUT2D eigenvalue weighted by molar-refractivity contribution is 0.288. The highest BCUT2D eigenvalue weighted by atomic mass is 16.5. The number of methoxy groups -OCH3 is 1. The summed E-state index contributed by atoms with van der Waals surface area (Å²) in [5.74, 6) is 1.61. The molecule has 0 aliphatic heterocycles. The Morgan fingerprint density at radius 3 is 2.60 bits per heavy atom. The molecule has 3 heteroatoms. The maximum atomic E-state index is 5.61. The first-order valence-electron chi connectivity index (χ1n) is 5.35. The third-order valence-electron chi connectivity index (χ3n) is 2.07. The molecule has 0 atom stereocenters. The van der Waals surface area contributed by atoms with Crippen LogP contribution in [-0.4, -0.2) is 26.8 Å². The van der Waals surface area contributed by atoms with Crippen LogP contribution < -0.4 is 14.8 Å². The van der Waals surface area contributed by atoms with Gasteiger partial charge < -0.3 is 14.8 Å². The van der Waals surface area contributed by atoms with Crippen molar-refractivity contribution >= 4 is 0 Å². The summed E-state index contributed by atoms with van der Waals surface area (Å²) in [4.78, 5) is 0. The lowest BCUT2D eigenvalue weighted by Crippen LogP contribution is -2.16. The number of benzene rings is 1. The zero-order valence-corrected chi connectivity index (χ0v) is 9.45. The summed E-state index contributed by atoms with van der Waals surface area (Å²) < 4.78 is 10.8. The quantitative estimate of drug-likeness (QED) is 0.697. The molecule has 15 heavy (non-hydrogen) atoms. The van der Waals surface area contributed by atoms with E-state index in [4.69, 9.17) is 9.47 Å². The smallest absolute Gasteiger partial charge is 0.161 e. The molecule has 0 heterocycles. The van der Waals surface area contributed by atoms with E-state index in [-0.39, 0.29) is 0 Å². The minimum Gasteiger partial charge on any atom is -0.493 e. The maximum absolute atomic E-state index is 5.61. The summed E-state index contributed by atoms with van der Waals surface area (Å²) in [6.07, 6.45) is 1.01. The second kappa shape index (κ2) is 7.12. The SMILES string of the molecule is CCNCCCOc1ccccc1OC. The Hall–Kier alpha value is -1.22. The highest BCUT2D eigenvalue weighted by Crippen LogP contribution is 2.25. The Balaban J connectivity index is 2.30. The summed E-state index contributed by atoms with van der Waals surface area (Å²) >= 11 is 0. The number of hydrogen-bond acceptors (Lipinski definition) is 3. The average Bonchev–Trinajstić information content (AvgIpc) is 2.29. The van der Waals surface area contributed by atoms with Crippen molar-refractivity contribution in [1.82, 2.24) is 5.32 Å². The molecule has 0 aromatic heterocycles. The fraction of sp³-hybridized carbons (Fsp3) is 0.500. The van der Waals surface area contributed by atoms with Crippen LogP contribution in [0.15, 0.2) is 24.3 Å².